The van der Waals surface area contributed by atoms with E-state index in [9.17, 15) is 0 Å². The van der Waals surface area contributed by atoms with Gasteiger partial charge in [0.25, 0.3) is 0 Å². The number of likely N-dealkylation sites (tertiary alicyclic amines) is 1. The van der Waals surface area contributed by atoms with Crippen LogP contribution in [0.5, 0.6) is 0 Å². The molecular weight excluding hydrogens is 310 g/mol. The average molecular weight is 335 g/mol. The molecule has 2 aromatic heterocycles. The van der Waals surface area contributed by atoms with Crippen LogP contribution in [0.15, 0.2) is 48.8 Å². The molecule has 5 heteroatoms. The quantitative estimate of drug-likeness (QED) is 0.778. The molecule has 0 spiro atoms. The minimum absolute atomic E-state index is 0.595. The number of fused-ring (bicyclic) bond motifs is 1. The van der Waals surface area contributed by atoms with Gasteiger partial charge in [-0.05, 0) is 62.8 Å². The third kappa shape index (κ3) is 3.89. The van der Waals surface area contributed by atoms with Crippen molar-refractivity contribution < 1.29 is 0 Å². The van der Waals surface area contributed by atoms with Crippen molar-refractivity contribution in [3.05, 3.63) is 60.2 Å². The first-order chi connectivity index (χ1) is 12.3. The van der Waals surface area contributed by atoms with Crippen molar-refractivity contribution in [3.8, 4) is 0 Å². The first-order valence-electron chi connectivity index (χ1n) is 9.03. The van der Waals surface area contributed by atoms with Crippen molar-refractivity contribution in [1.29, 1.82) is 0 Å². The van der Waals surface area contributed by atoms with Gasteiger partial charge in [0, 0.05) is 25.0 Å². The van der Waals surface area contributed by atoms with Crippen LogP contribution in [0.3, 0.4) is 0 Å². The van der Waals surface area contributed by atoms with Crippen LogP contribution in [0.2, 0.25) is 0 Å². The maximum atomic E-state index is 4.78. The van der Waals surface area contributed by atoms with Crippen molar-refractivity contribution in [1.82, 2.24) is 24.8 Å². The van der Waals surface area contributed by atoms with E-state index in [4.69, 9.17) is 4.98 Å². The first kappa shape index (κ1) is 16.2. The Balaban J connectivity index is 1.55. The lowest BCUT2D eigenvalue weighted by Gasteiger charge is -2.37. The maximum absolute atomic E-state index is 4.78. The number of nitrogens with zero attached hydrogens (tertiary/aromatic N) is 4. The van der Waals surface area contributed by atoms with Gasteiger partial charge in [0.2, 0.25) is 0 Å². The van der Waals surface area contributed by atoms with Gasteiger partial charge >= 0.3 is 0 Å². The van der Waals surface area contributed by atoms with Gasteiger partial charge < -0.3 is 9.88 Å². The second-order valence-corrected chi connectivity index (χ2v) is 7.00. The molecule has 0 atom stereocenters. The van der Waals surface area contributed by atoms with Crippen molar-refractivity contribution in [2.75, 3.05) is 20.1 Å². The summed E-state index contributed by atoms with van der Waals surface area (Å²) in [6, 6.07) is 13.1. The summed E-state index contributed by atoms with van der Waals surface area (Å²) >= 11 is 0. The molecule has 0 saturated carbocycles. The summed E-state index contributed by atoms with van der Waals surface area (Å²) in [5.41, 5.74) is 3.47. The Morgan fingerprint density at radius 3 is 2.60 bits per heavy atom. The minimum atomic E-state index is 0.595. The molecule has 130 valence electrons. The Hall–Kier alpha value is -2.24. The number of imidazole rings is 1. The van der Waals surface area contributed by atoms with Gasteiger partial charge in [0.05, 0.1) is 17.6 Å². The molecule has 1 aromatic carbocycles. The van der Waals surface area contributed by atoms with Crippen LogP contribution in [0.1, 0.15) is 24.2 Å². The smallest absolute Gasteiger partial charge is 0.121 e. The van der Waals surface area contributed by atoms with E-state index < -0.39 is 0 Å². The summed E-state index contributed by atoms with van der Waals surface area (Å²) in [6.45, 7) is 4.12. The van der Waals surface area contributed by atoms with Crippen molar-refractivity contribution in [2.24, 2.45) is 0 Å². The number of pyridine rings is 1. The van der Waals surface area contributed by atoms with E-state index in [1.54, 1.807) is 0 Å². The molecule has 3 aromatic rings. The van der Waals surface area contributed by atoms with Gasteiger partial charge in [-0.1, -0.05) is 12.1 Å². The van der Waals surface area contributed by atoms with Gasteiger partial charge in [-0.25, -0.2) is 4.98 Å². The third-order valence-electron chi connectivity index (χ3n) is 5.13. The zero-order valence-corrected chi connectivity index (χ0v) is 14.7. The van der Waals surface area contributed by atoms with Gasteiger partial charge in [-0.3, -0.25) is 9.88 Å². The van der Waals surface area contributed by atoms with Crippen LogP contribution in [0.25, 0.3) is 11.0 Å². The molecular formula is C20H25N5. The van der Waals surface area contributed by atoms with E-state index >= 15 is 0 Å². The fraction of sp³-hybridized carbons (Fsp3) is 0.400. The average Bonchev–Trinajstić information content (AvgIpc) is 3.05. The Morgan fingerprint density at radius 2 is 1.84 bits per heavy atom. The molecule has 0 aliphatic carbocycles. The van der Waals surface area contributed by atoms with Gasteiger partial charge in [-0.15, -0.1) is 0 Å². The largest absolute Gasteiger partial charge is 0.341 e. The van der Waals surface area contributed by atoms with Crippen LogP contribution in [-0.4, -0.2) is 50.9 Å². The van der Waals surface area contributed by atoms with Crippen LogP contribution >= 0.6 is 0 Å². The highest BCUT2D eigenvalue weighted by molar-refractivity contribution is 5.74. The molecule has 1 aliphatic rings. The molecule has 0 bridgehead atoms. The minimum Gasteiger partial charge on any atom is -0.341 e. The van der Waals surface area contributed by atoms with Crippen LogP contribution in [0.4, 0.5) is 0 Å². The second-order valence-electron chi connectivity index (χ2n) is 7.00. The Kier molecular flexibility index (Phi) is 4.76. The third-order valence-corrected chi connectivity index (χ3v) is 5.13. The normalized spacial score (nSPS) is 16.7. The zero-order valence-electron chi connectivity index (χ0n) is 14.7. The Bertz CT molecular complexity index is 772. The van der Waals surface area contributed by atoms with Crippen molar-refractivity contribution in [2.45, 2.75) is 32.0 Å². The first-order valence-corrected chi connectivity index (χ1v) is 9.03. The Labute approximate surface area is 148 Å². The number of aromatic amines is 1. The lowest BCUT2D eigenvalue weighted by Crippen LogP contribution is -2.43. The summed E-state index contributed by atoms with van der Waals surface area (Å²) in [6.07, 6.45) is 6.18. The number of hydrogen-bond donors (Lipinski definition) is 1. The van der Waals surface area contributed by atoms with Crippen LogP contribution < -0.4 is 0 Å². The molecule has 0 unspecified atom stereocenters. The van der Waals surface area contributed by atoms with Crippen molar-refractivity contribution >= 4 is 11.0 Å². The van der Waals surface area contributed by atoms with Gasteiger partial charge in [0.1, 0.15) is 5.82 Å². The predicted octanol–water partition coefficient (Wildman–Crippen LogP) is 3.05. The fourth-order valence-corrected chi connectivity index (χ4v) is 3.67. The number of hydrogen-bond acceptors (Lipinski definition) is 4. The van der Waals surface area contributed by atoms with Gasteiger partial charge in [-0.2, -0.15) is 0 Å². The molecule has 5 nitrogen and oxygen atoms in total. The number of para-hydroxylation sites is 2. The standard InChI is InChI=1S/C20H25N5/c1-24-12-8-17(9-13-24)25(14-16-6-10-21-11-7-16)15-20-22-18-4-2-3-5-19(18)23-20/h2-7,10-11,17H,8-9,12-15H2,1H3,(H,22,23). The molecule has 0 radical (unpaired) electrons. The van der Waals surface area contributed by atoms with Crippen LogP contribution in [-0.2, 0) is 13.1 Å². The molecule has 1 aliphatic heterocycles. The van der Waals surface area contributed by atoms with E-state index in [0.717, 1.165) is 43.0 Å². The number of rotatable bonds is 5. The monoisotopic (exact) mass is 335 g/mol. The molecule has 0 amide bonds. The van der Waals surface area contributed by atoms with Crippen molar-refractivity contribution in [3.63, 3.8) is 0 Å². The molecule has 25 heavy (non-hydrogen) atoms. The lowest BCUT2D eigenvalue weighted by molar-refractivity contribution is 0.106. The fourth-order valence-electron chi connectivity index (χ4n) is 3.67. The lowest BCUT2D eigenvalue weighted by atomic mass is 10.0. The van der Waals surface area contributed by atoms with Gasteiger partial charge in [0.15, 0.2) is 0 Å². The molecule has 1 fully saturated rings. The second kappa shape index (κ2) is 7.33. The number of aromatic nitrogens is 3. The zero-order chi connectivity index (χ0) is 17.1. The summed E-state index contributed by atoms with van der Waals surface area (Å²) in [5.74, 6) is 1.05. The number of nitrogens with one attached hydrogen (secondary N) is 1. The highest BCUT2D eigenvalue weighted by atomic mass is 15.2. The highest BCUT2D eigenvalue weighted by Crippen LogP contribution is 2.21. The van der Waals surface area contributed by atoms with E-state index in [1.807, 2.05) is 18.5 Å². The summed E-state index contributed by atoms with van der Waals surface area (Å²) in [5, 5.41) is 0. The summed E-state index contributed by atoms with van der Waals surface area (Å²) in [4.78, 5) is 17.4. The SMILES string of the molecule is CN1CCC(N(Cc2ccncc2)Cc2nc3ccccc3[nH]2)CC1. The number of benzene rings is 1. The summed E-state index contributed by atoms with van der Waals surface area (Å²) in [7, 11) is 2.21. The van der Waals surface area contributed by atoms with E-state index in [0.29, 0.717) is 6.04 Å². The predicted molar refractivity (Wildman–Crippen MR) is 100 cm³/mol. The van der Waals surface area contributed by atoms with E-state index in [-0.39, 0.29) is 0 Å². The number of H-pyrrole nitrogens is 1. The van der Waals surface area contributed by atoms with E-state index in [1.165, 1.54) is 18.4 Å². The molecule has 1 N–H and O–H groups in total. The van der Waals surface area contributed by atoms with E-state index in [2.05, 4.69) is 57.1 Å². The summed E-state index contributed by atoms with van der Waals surface area (Å²) < 4.78 is 0. The number of piperidine rings is 1. The molecule has 4 rings (SSSR count). The highest BCUT2D eigenvalue weighted by Gasteiger charge is 2.24. The Morgan fingerprint density at radius 1 is 1.08 bits per heavy atom. The molecule has 1 saturated heterocycles. The topological polar surface area (TPSA) is 48.1 Å². The van der Waals surface area contributed by atoms with Crippen LogP contribution in [0, 0.1) is 0 Å². The molecule has 3 heterocycles. The maximum Gasteiger partial charge on any atom is 0.121 e.